The highest BCUT2D eigenvalue weighted by atomic mass is 16.5. The molecule has 2 aliphatic rings. The Morgan fingerprint density at radius 3 is 2.68 bits per heavy atom. The Balaban J connectivity index is 2.07. The lowest BCUT2D eigenvalue weighted by Gasteiger charge is -2.36. The van der Waals surface area contributed by atoms with Crippen molar-refractivity contribution in [2.24, 2.45) is 5.92 Å². The van der Waals surface area contributed by atoms with Gasteiger partial charge in [-0.2, -0.15) is 0 Å². The van der Waals surface area contributed by atoms with Gasteiger partial charge < -0.3 is 14.8 Å². The zero-order chi connectivity index (χ0) is 13.5. The summed E-state index contributed by atoms with van der Waals surface area (Å²) in [6, 6.07) is 0.246. The molecule has 1 heterocycles. The zero-order valence-corrected chi connectivity index (χ0v) is 12.5. The molecule has 2 rings (SSSR count). The molecule has 0 bridgehead atoms. The van der Waals surface area contributed by atoms with Gasteiger partial charge in [-0.15, -0.1) is 0 Å². The van der Waals surface area contributed by atoms with Crippen LogP contribution < -0.4 is 5.32 Å². The van der Waals surface area contributed by atoms with Crippen LogP contribution >= 0.6 is 0 Å². The van der Waals surface area contributed by atoms with Crippen molar-refractivity contribution in [3.8, 4) is 0 Å². The molecule has 1 aliphatic carbocycles. The fraction of sp³-hybridized carbons (Fsp3) is 0.875. The van der Waals surface area contributed by atoms with Crippen LogP contribution in [0.5, 0.6) is 0 Å². The van der Waals surface area contributed by atoms with Gasteiger partial charge in [0.25, 0.3) is 0 Å². The van der Waals surface area contributed by atoms with Crippen LogP contribution in [0.15, 0.2) is 11.8 Å². The molecule has 1 N–H and O–H groups in total. The minimum atomic E-state index is 0.246. The van der Waals surface area contributed by atoms with E-state index in [-0.39, 0.29) is 12.1 Å². The van der Waals surface area contributed by atoms with Crippen LogP contribution in [0.4, 0.5) is 0 Å². The minimum Gasteiger partial charge on any atom is -0.496 e. The smallest absolute Gasteiger partial charge is 0.112 e. The monoisotopic (exact) mass is 267 g/mol. The van der Waals surface area contributed by atoms with Crippen molar-refractivity contribution >= 4 is 0 Å². The molecule has 110 valence electrons. The lowest BCUT2D eigenvalue weighted by molar-refractivity contribution is -0.0199. The van der Waals surface area contributed by atoms with Gasteiger partial charge in [0.1, 0.15) is 5.76 Å². The number of hydrogen-bond donors (Lipinski definition) is 1. The molecular formula is C16H29NO2. The second-order valence-electron chi connectivity index (χ2n) is 5.60. The number of rotatable bonds is 7. The van der Waals surface area contributed by atoms with E-state index in [9.17, 15) is 0 Å². The lowest BCUT2D eigenvalue weighted by atomic mass is 9.82. The third-order valence-corrected chi connectivity index (χ3v) is 4.26. The summed E-state index contributed by atoms with van der Waals surface area (Å²) in [6.45, 7) is 6.84. The van der Waals surface area contributed by atoms with Crippen molar-refractivity contribution in [1.82, 2.24) is 5.32 Å². The van der Waals surface area contributed by atoms with Gasteiger partial charge in [-0.05, 0) is 38.3 Å². The first-order valence-corrected chi connectivity index (χ1v) is 8.04. The van der Waals surface area contributed by atoms with Crippen molar-refractivity contribution in [3.63, 3.8) is 0 Å². The second kappa shape index (κ2) is 7.91. The van der Waals surface area contributed by atoms with Gasteiger partial charge in [0.05, 0.1) is 18.8 Å². The molecule has 3 heteroatoms. The molecular weight excluding hydrogens is 238 g/mol. The van der Waals surface area contributed by atoms with E-state index < -0.39 is 0 Å². The highest BCUT2D eigenvalue weighted by Gasteiger charge is 2.34. The van der Waals surface area contributed by atoms with E-state index in [0.29, 0.717) is 5.92 Å². The number of ether oxygens (including phenoxy) is 2. The Bertz CT molecular complexity index is 284. The molecule has 0 aromatic rings. The largest absolute Gasteiger partial charge is 0.496 e. The zero-order valence-electron chi connectivity index (χ0n) is 12.5. The van der Waals surface area contributed by atoms with Gasteiger partial charge in [-0.25, -0.2) is 0 Å². The summed E-state index contributed by atoms with van der Waals surface area (Å²) in [6.07, 6.45) is 10.3. The summed E-state index contributed by atoms with van der Waals surface area (Å²) >= 11 is 0. The third kappa shape index (κ3) is 3.96. The van der Waals surface area contributed by atoms with E-state index in [0.717, 1.165) is 31.9 Å². The van der Waals surface area contributed by atoms with Crippen LogP contribution in [-0.4, -0.2) is 31.9 Å². The van der Waals surface area contributed by atoms with Crippen LogP contribution in [0.1, 0.15) is 52.4 Å². The quantitative estimate of drug-likeness (QED) is 0.768. The predicted octanol–water partition coefficient (Wildman–Crippen LogP) is 3.25. The van der Waals surface area contributed by atoms with E-state index in [1.807, 2.05) is 0 Å². The summed E-state index contributed by atoms with van der Waals surface area (Å²) in [4.78, 5) is 0. The van der Waals surface area contributed by atoms with Gasteiger partial charge in [0.15, 0.2) is 0 Å². The first-order chi connectivity index (χ1) is 9.36. The van der Waals surface area contributed by atoms with Crippen LogP contribution in [0, 0.1) is 5.92 Å². The first-order valence-electron chi connectivity index (χ1n) is 8.04. The predicted molar refractivity (Wildman–Crippen MR) is 78.1 cm³/mol. The molecule has 2 unspecified atom stereocenters. The maximum atomic E-state index is 6.13. The molecule has 0 radical (unpaired) electrons. The van der Waals surface area contributed by atoms with Gasteiger partial charge in [0.2, 0.25) is 0 Å². The number of likely N-dealkylation sites (N-methyl/N-ethyl adjacent to an activating group) is 1. The molecule has 0 spiro atoms. The Morgan fingerprint density at radius 1 is 1.32 bits per heavy atom. The maximum absolute atomic E-state index is 6.13. The topological polar surface area (TPSA) is 30.5 Å². The third-order valence-electron chi connectivity index (χ3n) is 4.26. The maximum Gasteiger partial charge on any atom is 0.112 e. The highest BCUT2D eigenvalue weighted by Crippen LogP contribution is 2.32. The van der Waals surface area contributed by atoms with Crippen molar-refractivity contribution in [2.75, 3.05) is 19.8 Å². The summed E-state index contributed by atoms with van der Waals surface area (Å²) in [5.41, 5.74) is 0. The average molecular weight is 267 g/mol. The van der Waals surface area contributed by atoms with Gasteiger partial charge >= 0.3 is 0 Å². The van der Waals surface area contributed by atoms with Crippen LogP contribution in [0.2, 0.25) is 0 Å². The van der Waals surface area contributed by atoms with Crippen molar-refractivity contribution in [2.45, 2.75) is 64.5 Å². The number of nitrogens with one attached hydrogen (secondary N) is 1. The van der Waals surface area contributed by atoms with Crippen molar-refractivity contribution < 1.29 is 9.47 Å². The van der Waals surface area contributed by atoms with Gasteiger partial charge in [-0.1, -0.05) is 26.2 Å². The Hall–Kier alpha value is -0.540. The number of hydrogen-bond acceptors (Lipinski definition) is 3. The van der Waals surface area contributed by atoms with Gasteiger partial charge in [-0.3, -0.25) is 0 Å². The molecule has 3 nitrogen and oxygen atoms in total. The average Bonchev–Trinajstić information content (AvgIpc) is 2.97. The fourth-order valence-corrected chi connectivity index (χ4v) is 3.41. The minimum absolute atomic E-state index is 0.246. The van der Waals surface area contributed by atoms with Crippen molar-refractivity contribution in [3.05, 3.63) is 11.8 Å². The summed E-state index contributed by atoms with van der Waals surface area (Å²) in [5.74, 6) is 1.80. The Kier molecular flexibility index (Phi) is 6.18. The second-order valence-corrected chi connectivity index (χ2v) is 5.60. The molecule has 1 aliphatic heterocycles. The van der Waals surface area contributed by atoms with Crippen LogP contribution in [0.25, 0.3) is 0 Å². The van der Waals surface area contributed by atoms with E-state index in [1.54, 1.807) is 0 Å². The first kappa shape index (κ1) is 14.9. The standard InChI is InChI=1S/C16H29NO2/c1-3-17-15(14-11-8-12-19-14)16(18-4-2)13-9-6-5-7-10-13/h11,13,15-17H,3-10,12H2,1-2H3. The lowest BCUT2D eigenvalue weighted by Crippen LogP contribution is -2.47. The normalized spacial score (nSPS) is 23.8. The van der Waals surface area contributed by atoms with Gasteiger partial charge in [0, 0.05) is 13.0 Å². The van der Waals surface area contributed by atoms with E-state index >= 15 is 0 Å². The SMILES string of the molecule is CCNC(C1=CCCO1)C(OCC)C1CCCCC1. The van der Waals surface area contributed by atoms with Crippen molar-refractivity contribution in [1.29, 1.82) is 0 Å². The van der Waals surface area contributed by atoms with E-state index in [4.69, 9.17) is 9.47 Å². The summed E-state index contributed by atoms with van der Waals surface area (Å²) in [5, 5.41) is 3.59. The van der Waals surface area contributed by atoms with E-state index in [1.165, 1.54) is 32.1 Å². The molecule has 0 saturated heterocycles. The molecule has 1 saturated carbocycles. The molecule has 0 amide bonds. The highest BCUT2D eigenvalue weighted by molar-refractivity contribution is 5.11. The Morgan fingerprint density at radius 2 is 2.11 bits per heavy atom. The molecule has 0 aromatic heterocycles. The Labute approximate surface area is 117 Å². The summed E-state index contributed by atoms with van der Waals surface area (Å²) in [7, 11) is 0. The molecule has 1 fully saturated rings. The summed E-state index contributed by atoms with van der Waals surface area (Å²) < 4.78 is 11.9. The fourth-order valence-electron chi connectivity index (χ4n) is 3.41. The van der Waals surface area contributed by atoms with Crippen LogP contribution in [0.3, 0.4) is 0 Å². The van der Waals surface area contributed by atoms with E-state index in [2.05, 4.69) is 25.2 Å². The molecule has 2 atom stereocenters. The molecule has 0 aromatic carbocycles. The van der Waals surface area contributed by atoms with Crippen LogP contribution in [-0.2, 0) is 9.47 Å². The molecule has 19 heavy (non-hydrogen) atoms.